The van der Waals surface area contributed by atoms with Crippen molar-refractivity contribution in [3.05, 3.63) is 36.0 Å². The van der Waals surface area contributed by atoms with Crippen LogP contribution in [0, 0.1) is 6.92 Å². The molecule has 1 aliphatic heterocycles. The van der Waals surface area contributed by atoms with E-state index in [4.69, 9.17) is 0 Å². The molecule has 1 unspecified atom stereocenters. The van der Waals surface area contributed by atoms with E-state index >= 15 is 0 Å². The number of likely N-dealkylation sites (tertiary alicyclic amines) is 1. The molecule has 1 fully saturated rings. The molecule has 128 valence electrons. The van der Waals surface area contributed by atoms with Gasteiger partial charge in [-0.05, 0) is 51.3 Å². The first kappa shape index (κ1) is 16.6. The minimum Gasteiger partial charge on any atom is -0.350 e. The standard InChI is InChI=1S/C19H25N3O2/c1-13-5-6-16-14(9-13)7-8-21(16)12-17(23)20-15-10-18(24)22(11-15)19(2,3)4/h5-9,15H,10-12H2,1-4H3,(H,20,23). The maximum absolute atomic E-state index is 12.4. The Kier molecular flexibility index (Phi) is 4.11. The van der Waals surface area contributed by atoms with Crippen LogP contribution >= 0.6 is 0 Å². The number of nitrogens with zero attached hydrogens (tertiary/aromatic N) is 2. The van der Waals surface area contributed by atoms with Crippen LogP contribution in [0.4, 0.5) is 0 Å². The predicted molar refractivity (Wildman–Crippen MR) is 94.7 cm³/mol. The summed E-state index contributed by atoms with van der Waals surface area (Å²) in [6.07, 6.45) is 2.32. The zero-order chi connectivity index (χ0) is 17.5. The van der Waals surface area contributed by atoms with E-state index in [1.54, 1.807) is 0 Å². The highest BCUT2D eigenvalue weighted by molar-refractivity contribution is 5.85. The number of nitrogens with one attached hydrogen (secondary N) is 1. The Morgan fingerprint density at radius 2 is 2.04 bits per heavy atom. The second-order valence-electron chi connectivity index (χ2n) is 7.65. The number of aromatic nitrogens is 1. The summed E-state index contributed by atoms with van der Waals surface area (Å²) in [6.45, 7) is 8.96. The Hall–Kier alpha value is -2.30. The van der Waals surface area contributed by atoms with Gasteiger partial charge in [0.1, 0.15) is 6.54 Å². The number of carbonyl (C=O) groups excluding carboxylic acids is 2. The minimum atomic E-state index is -0.203. The zero-order valence-electron chi connectivity index (χ0n) is 14.8. The van der Waals surface area contributed by atoms with Crippen LogP contribution in [0.1, 0.15) is 32.8 Å². The SMILES string of the molecule is Cc1ccc2c(ccn2CC(=O)NC2CC(=O)N(C(C)(C)C)C2)c1. The molecule has 1 aromatic heterocycles. The molecule has 0 saturated carbocycles. The fraction of sp³-hybridized carbons (Fsp3) is 0.474. The lowest BCUT2D eigenvalue weighted by Crippen LogP contribution is -2.45. The number of aryl methyl sites for hydroxylation is 1. The summed E-state index contributed by atoms with van der Waals surface area (Å²) in [7, 11) is 0. The van der Waals surface area contributed by atoms with Gasteiger partial charge in [0.15, 0.2) is 0 Å². The van der Waals surface area contributed by atoms with Gasteiger partial charge in [-0.25, -0.2) is 0 Å². The van der Waals surface area contributed by atoms with Gasteiger partial charge < -0.3 is 14.8 Å². The third-order valence-corrected chi connectivity index (χ3v) is 4.54. The summed E-state index contributed by atoms with van der Waals surface area (Å²) in [4.78, 5) is 26.3. The number of amides is 2. The molecule has 0 spiro atoms. The first-order valence-electron chi connectivity index (χ1n) is 8.39. The third-order valence-electron chi connectivity index (χ3n) is 4.54. The zero-order valence-corrected chi connectivity index (χ0v) is 14.8. The van der Waals surface area contributed by atoms with Gasteiger partial charge in [-0.3, -0.25) is 9.59 Å². The molecule has 3 rings (SSSR count). The van der Waals surface area contributed by atoms with Crippen LogP contribution in [0.5, 0.6) is 0 Å². The fourth-order valence-electron chi connectivity index (χ4n) is 3.34. The van der Waals surface area contributed by atoms with E-state index in [0.29, 0.717) is 13.0 Å². The van der Waals surface area contributed by atoms with Gasteiger partial charge in [-0.2, -0.15) is 0 Å². The summed E-state index contributed by atoms with van der Waals surface area (Å²) >= 11 is 0. The monoisotopic (exact) mass is 327 g/mol. The second-order valence-corrected chi connectivity index (χ2v) is 7.65. The molecule has 1 atom stereocenters. The van der Waals surface area contributed by atoms with E-state index in [9.17, 15) is 9.59 Å². The maximum Gasteiger partial charge on any atom is 0.240 e. The van der Waals surface area contributed by atoms with Crippen molar-refractivity contribution >= 4 is 22.7 Å². The van der Waals surface area contributed by atoms with E-state index in [-0.39, 0.29) is 29.9 Å². The summed E-state index contributed by atoms with van der Waals surface area (Å²) in [5, 5.41) is 4.14. The van der Waals surface area contributed by atoms with Crippen molar-refractivity contribution in [2.24, 2.45) is 0 Å². The average Bonchev–Trinajstić information content (AvgIpc) is 3.02. The molecule has 5 nitrogen and oxygen atoms in total. The van der Waals surface area contributed by atoms with Gasteiger partial charge in [-0.15, -0.1) is 0 Å². The fourth-order valence-corrected chi connectivity index (χ4v) is 3.34. The van der Waals surface area contributed by atoms with E-state index in [2.05, 4.69) is 18.3 Å². The second kappa shape index (κ2) is 5.96. The van der Waals surface area contributed by atoms with Gasteiger partial charge in [0.05, 0.1) is 6.04 Å². The molecule has 0 aliphatic carbocycles. The molecule has 24 heavy (non-hydrogen) atoms. The Balaban J connectivity index is 1.65. The molecule has 2 amide bonds. The molecule has 5 heteroatoms. The van der Waals surface area contributed by atoms with Crippen molar-refractivity contribution in [2.45, 2.75) is 52.2 Å². The normalized spacial score (nSPS) is 18.4. The van der Waals surface area contributed by atoms with E-state index in [0.717, 1.165) is 10.9 Å². The van der Waals surface area contributed by atoms with Crippen LogP contribution in [0.25, 0.3) is 10.9 Å². The summed E-state index contributed by atoms with van der Waals surface area (Å²) in [5.41, 5.74) is 2.05. The summed E-state index contributed by atoms with van der Waals surface area (Å²) < 4.78 is 1.95. The van der Waals surface area contributed by atoms with Gasteiger partial charge in [0, 0.05) is 30.2 Å². The largest absolute Gasteiger partial charge is 0.350 e. The molecular formula is C19H25N3O2. The number of benzene rings is 1. The summed E-state index contributed by atoms with van der Waals surface area (Å²) in [5.74, 6) is 0.0522. The molecule has 1 N–H and O–H groups in total. The molecule has 2 aromatic rings. The molecule has 2 heterocycles. The maximum atomic E-state index is 12.4. The van der Waals surface area contributed by atoms with Gasteiger partial charge >= 0.3 is 0 Å². The Morgan fingerprint density at radius 1 is 1.29 bits per heavy atom. The number of hydrogen-bond acceptors (Lipinski definition) is 2. The van der Waals surface area contributed by atoms with E-state index in [1.165, 1.54) is 5.56 Å². The van der Waals surface area contributed by atoms with Crippen molar-refractivity contribution < 1.29 is 9.59 Å². The predicted octanol–water partition coefficient (Wildman–Crippen LogP) is 2.47. The quantitative estimate of drug-likeness (QED) is 0.941. The van der Waals surface area contributed by atoms with Crippen LogP contribution in [0.15, 0.2) is 30.5 Å². The smallest absolute Gasteiger partial charge is 0.240 e. The lowest BCUT2D eigenvalue weighted by atomic mass is 10.1. The Labute approximate surface area is 142 Å². The van der Waals surface area contributed by atoms with Crippen LogP contribution in [0.3, 0.4) is 0 Å². The number of rotatable bonds is 3. The van der Waals surface area contributed by atoms with Crippen molar-refractivity contribution in [1.82, 2.24) is 14.8 Å². The highest BCUT2D eigenvalue weighted by Crippen LogP contribution is 2.22. The van der Waals surface area contributed by atoms with Crippen molar-refractivity contribution in [3.8, 4) is 0 Å². The summed E-state index contributed by atoms with van der Waals surface area (Å²) in [6, 6.07) is 8.12. The highest BCUT2D eigenvalue weighted by atomic mass is 16.2. The van der Waals surface area contributed by atoms with Gasteiger partial charge in [0.25, 0.3) is 0 Å². The Morgan fingerprint density at radius 3 is 2.71 bits per heavy atom. The average molecular weight is 327 g/mol. The third kappa shape index (κ3) is 3.30. The first-order chi connectivity index (χ1) is 11.2. The van der Waals surface area contributed by atoms with Crippen molar-refractivity contribution in [2.75, 3.05) is 6.54 Å². The van der Waals surface area contributed by atoms with Crippen molar-refractivity contribution in [3.63, 3.8) is 0 Å². The lowest BCUT2D eigenvalue weighted by molar-refractivity contribution is -0.131. The van der Waals surface area contributed by atoms with Crippen LogP contribution in [0.2, 0.25) is 0 Å². The molecule has 1 aromatic carbocycles. The number of hydrogen-bond donors (Lipinski definition) is 1. The molecule has 1 saturated heterocycles. The molecular weight excluding hydrogens is 302 g/mol. The number of carbonyl (C=O) groups is 2. The molecule has 0 radical (unpaired) electrons. The van der Waals surface area contributed by atoms with Crippen LogP contribution < -0.4 is 5.32 Å². The minimum absolute atomic E-state index is 0.0540. The molecule has 0 bridgehead atoms. The Bertz CT molecular complexity index is 785. The van der Waals surface area contributed by atoms with Crippen LogP contribution in [-0.4, -0.2) is 39.4 Å². The van der Waals surface area contributed by atoms with E-state index < -0.39 is 0 Å². The molecule has 1 aliphatic rings. The van der Waals surface area contributed by atoms with Crippen molar-refractivity contribution in [1.29, 1.82) is 0 Å². The van der Waals surface area contributed by atoms with Gasteiger partial charge in [-0.1, -0.05) is 11.6 Å². The van der Waals surface area contributed by atoms with Crippen LogP contribution in [-0.2, 0) is 16.1 Å². The lowest BCUT2D eigenvalue weighted by Gasteiger charge is -2.32. The first-order valence-corrected chi connectivity index (χ1v) is 8.39. The van der Waals surface area contributed by atoms with Gasteiger partial charge in [0.2, 0.25) is 11.8 Å². The highest BCUT2D eigenvalue weighted by Gasteiger charge is 2.36. The number of fused-ring (bicyclic) bond motifs is 1. The van der Waals surface area contributed by atoms with E-state index in [1.807, 2.05) is 54.6 Å². The topological polar surface area (TPSA) is 54.3 Å².